The molecule has 0 aromatic carbocycles. The number of hydrogen-bond acceptors (Lipinski definition) is 5. The largest absolute Gasteiger partial charge is 0.479 e. The molecule has 2 heterocycles. The number of aliphatic carboxylic acids is 1. The summed E-state index contributed by atoms with van der Waals surface area (Å²) in [4.78, 5) is 23.4. The number of rotatable bonds is 5. The number of amides is 2. The molecule has 0 bridgehead atoms. The maximum Gasteiger partial charge on any atom is 0.331 e. The Balaban J connectivity index is 1.90. The molecular weight excluding hydrogens is 282 g/mol. The number of carboxylic acids is 1. The van der Waals surface area contributed by atoms with Crippen molar-refractivity contribution in [3.8, 4) is 0 Å². The molecule has 106 valence electrons. The van der Waals surface area contributed by atoms with Crippen molar-refractivity contribution in [2.45, 2.75) is 19.5 Å². The summed E-state index contributed by atoms with van der Waals surface area (Å²) in [6.07, 6.45) is 0. The topological polar surface area (TPSA) is 104 Å². The first kappa shape index (κ1) is 14.1. The van der Waals surface area contributed by atoms with E-state index < -0.39 is 18.0 Å². The number of carbonyl (C=O) groups excluding carboxylic acids is 1. The highest BCUT2D eigenvalue weighted by molar-refractivity contribution is 7.10. The highest BCUT2D eigenvalue weighted by Crippen LogP contribution is 2.18. The monoisotopic (exact) mass is 295 g/mol. The lowest BCUT2D eigenvalue weighted by Gasteiger charge is -2.13. The molecule has 0 aliphatic rings. The first-order valence-corrected chi connectivity index (χ1v) is 6.67. The van der Waals surface area contributed by atoms with E-state index in [1.807, 2.05) is 0 Å². The van der Waals surface area contributed by atoms with Crippen LogP contribution in [0.5, 0.6) is 0 Å². The van der Waals surface area contributed by atoms with Crippen LogP contribution in [0.1, 0.15) is 22.4 Å². The summed E-state index contributed by atoms with van der Waals surface area (Å²) in [5.74, 6) is -0.612. The Labute approximate surface area is 118 Å². The Morgan fingerprint density at radius 2 is 2.35 bits per heavy atom. The van der Waals surface area contributed by atoms with E-state index in [4.69, 9.17) is 9.63 Å². The van der Waals surface area contributed by atoms with Gasteiger partial charge < -0.3 is 20.3 Å². The summed E-state index contributed by atoms with van der Waals surface area (Å²) in [5, 5.41) is 19.5. The van der Waals surface area contributed by atoms with Gasteiger partial charge in [0.05, 0.1) is 12.2 Å². The zero-order valence-corrected chi connectivity index (χ0v) is 11.4. The molecule has 8 heteroatoms. The van der Waals surface area contributed by atoms with Crippen LogP contribution in [0.3, 0.4) is 0 Å². The molecule has 2 amide bonds. The van der Waals surface area contributed by atoms with Gasteiger partial charge in [-0.15, -0.1) is 11.3 Å². The number of thiophene rings is 1. The normalized spacial score (nSPS) is 11.8. The fourth-order valence-electron chi connectivity index (χ4n) is 1.56. The van der Waals surface area contributed by atoms with Crippen LogP contribution >= 0.6 is 11.3 Å². The van der Waals surface area contributed by atoms with Crippen molar-refractivity contribution < 1.29 is 19.2 Å². The van der Waals surface area contributed by atoms with Crippen LogP contribution in [0, 0.1) is 6.92 Å². The molecule has 0 aliphatic carbocycles. The van der Waals surface area contributed by atoms with Crippen LogP contribution < -0.4 is 10.6 Å². The number of aromatic nitrogens is 1. The third kappa shape index (κ3) is 3.58. The molecule has 0 fully saturated rings. The summed E-state index contributed by atoms with van der Waals surface area (Å²) < 4.78 is 4.93. The minimum absolute atomic E-state index is 0.142. The number of nitrogens with zero attached hydrogens (tertiary/aromatic N) is 1. The van der Waals surface area contributed by atoms with Gasteiger partial charge in [0.1, 0.15) is 0 Å². The molecule has 0 saturated heterocycles. The van der Waals surface area contributed by atoms with E-state index in [0.717, 1.165) is 0 Å². The third-order valence-corrected chi connectivity index (χ3v) is 3.39. The minimum Gasteiger partial charge on any atom is -0.479 e. The molecule has 3 N–H and O–H groups in total. The number of carboxylic acid groups (broad SMARTS) is 1. The fraction of sp³-hybridized carbons (Fsp3) is 0.250. The summed E-state index contributed by atoms with van der Waals surface area (Å²) in [7, 11) is 0. The van der Waals surface area contributed by atoms with Crippen LogP contribution in [-0.2, 0) is 11.3 Å². The lowest BCUT2D eigenvalue weighted by atomic mass is 10.2. The highest BCUT2D eigenvalue weighted by Gasteiger charge is 2.22. The van der Waals surface area contributed by atoms with Gasteiger partial charge >= 0.3 is 12.0 Å². The van der Waals surface area contributed by atoms with Gasteiger partial charge in [-0.1, -0.05) is 11.2 Å². The van der Waals surface area contributed by atoms with Crippen molar-refractivity contribution in [2.24, 2.45) is 0 Å². The van der Waals surface area contributed by atoms with E-state index in [1.54, 1.807) is 30.5 Å². The first-order chi connectivity index (χ1) is 9.56. The summed E-state index contributed by atoms with van der Waals surface area (Å²) in [5.41, 5.74) is 0.712. The van der Waals surface area contributed by atoms with Crippen LogP contribution in [0.15, 0.2) is 28.1 Å². The first-order valence-electron chi connectivity index (χ1n) is 5.79. The van der Waals surface area contributed by atoms with Crippen LogP contribution in [-0.4, -0.2) is 22.3 Å². The van der Waals surface area contributed by atoms with Gasteiger partial charge in [0.25, 0.3) is 0 Å². The van der Waals surface area contributed by atoms with Crippen molar-refractivity contribution in [1.82, 2.24) is 15.8 Å². The van der Waals surface area contributed by atoms with Gasteiger partial charge in [-0.2, -0.15) is 0 Å². The molecule has 0 aliphatic heterocycles. The van der Waals surface area contributed by atoms with E-state index in [9.17, 15) is 9.59 Å². The van der Waals surface area contributed by atoms with Crippen LogP contribution in [0.4, 0.5) is 4.79 Å². The van der Waals surface area contributed by atoms with Crippen LogP contribution in [0.2, 0.25) is 0 Å². The molecule has 1 unspecified atom stereocenters. The second-order valence-corrected chi connectivity index (χ2v) is 5.03. The van der Waals surface area contributed by atoms with Gasteiger partial charge in [0.2, 0.25) is 0 Å². The molecule has 2 aromatic heterocycles. The predicted octanol–water partition coefficient (Wildman–Crippen LogP) is 1.67. The summed E-state index contributed by atoms with van der Waals surface area (Å²) in [6, 6.07) is 3.43. The van der Waals surface area contributed by atoms with Crippen LogP contribution in [0.25, 0.3) is 0 Å². The second kappa shape index (κ2) is 6.20. The number of aryl methyl sites for hydroxylation is 1. The maximum absolute atomic E-state index is 11.7. The zero-order valence-electron chi connectivity index (χ0n) is 10.6. The molecule has 20 heavy (non-hydrogen) atoms. The quantitative estimate of drug-likeness (QED) is 0.778. The Morgan fingerprint density at radius 3 is 2.90 bits per heavy atom. The van der Waals surface area contributed by atoms with Gasteiger partial charge in [-0.25, -0.2) is 9.59 Å². The SMILES string of the molecule is Cc1cc(CNC(=O)NC(C(=O)O)c2cccs2)on1. The smallest absolute Gasteiger partial charge is 0.331 e. The van der Waals surface area contributed by atoms with E-state index in [1.165, 1.54) is 11.3 Å². The Bertz CT molecular complexity index is 594. The van der Waals surface area contributed by atoms with E-state index in [2.05, 4.69) is 15.8 Å². The van der Waals surface area contributed by atoms with Crippen molar-refractivity contribution in [3.63, 3.8) is 0 Å². The fourth-order valence-corrected chi connectivity index (χ4v) is 2.33. The lowest BCUT2D eigenvalue weighted by Crippen LogP contribution is -2.40. The zero-order chi connectivity index (χ0) is 14.5. The average molecular weight is 295 g/mol. The molecular formula is C12H13N3O4S. The number of hydrogen-bond donors (Lipinski definition) is 3. The summed E-state index contributed by atoms with van der Waals surface area (Å²) in [6.45, 7) is 1.91. The predicted molar refractivity (Wildman–Crippen MR) is 71.3 cm³/mol. The van der Waals surface area contributed by atoms with Gasteiger partial charge in [0.15, 0.2) is 11.8 Å². The van der Waals surface area contributed by atoms with Crippen molar-refractivity contribution >= 4 is 23.3 Å². The lowest BCUT2D eigenvalue weighted by molar-refractivity contribution is -0.139. The maximum atomic E-state index is 11.7. The highest BCUT2D eigenvalue weighted by atomic mass is 32.1. The minimum atomic E-state index is -1.11. The number of carbonyl (C=O) groups is 2. The van der Waals surface area contributed by atoms with Gasteiger partial charge in [-0.3, -0.25) is 0 Å². The Morgan fingerprint density at radius 1 is 1.55 bits per heavy atom. The molecule has 7 nitrogen and oxygen atoms in total. The van der Waals surface area contributed by atoms with E-state index in [0.29, 0.717) is 16.3 Å². The van der Waals surface area contributed by atoms with Crippen molar-refractivity contribution in [2.75, 3.05) is 0 Å². The summed E-state index contributed by atoms with van der Waals surface area (Å²) >= 11 is 1.27. The third-order valence-electron chi connectivity index (χ3n) is 2.45. The number of urea groups is 1. The Hall–Kier alpha value is -2.35. The Kier molecular flexibility index (Phi) is 4.36. The van der Waals surface area contributed by atoms with E-state index in [-0.39, 0.29) is 6.54 Å². The number of nitrogens with one attached hydrogen (secondary N) is 2. The standard InChI is InChI=1S/C12H13N3O4S/c1-7-5-8(19-15-7)6-13-12(18)14-10(11(16)17)9-3-2-4-20-9/h2-5,10H,6H2,1H3,(H,16,17)(H2,13,14,18). The van der Waals surface area contributed by atoms with Crippen molar-refractivity contribution in [3.05, 3.63) is 39.9 Å². The molecule has 0 spiro atoms. The van der Waals surface area contributed by atoms with E-state index >= 15 is 0 Å². The van der Waals surface area contributed by atoms with Gasteiger partial charge in [0, 0.05) is 10.9 Å². The second-order valence-electron chi connectivity index (χ2n) is 4.05. The molecule has 0 saturated carbocycles. The molecule has 2 aromatic rings. The van der Waals surface area contributed by atoms with Gasteiger partial charge in [-0.05, 0) is 18.4 Å². The average Bonchev–Trinajstić information content (AvgIpc) is 3.04. The molecule has 2 rings (SSSR count). The van der Waals surface area contributed by atoms with Crippen molar-refractivity contribution in [1.29, 1.82) is 0 Å². The molecule has 1 atom stereocenters. The molecule has 0 radical (unpaired) electrons.